The van der Waals surface area contributed by atoms with Crippen LogP contribution in [0, 0.1) is 6.92 Å². The van der Waals surface area contributed by atoms with Crippen molar-refractivity contribution in [3.63, 3.8) is 0 Å². The highest BCUT2D eigenvalue weighted by atomic mass is 14.9. The minimum atomic E-state index is 1.04. The molecule has 0 heterocycles. The molecule has 1 aromatic rings. The van der Waals surface area contributed by atoms with E-state index in [2.05, 4.69) is 25.2 Å². The smallest absolute Gasteiger partial charge is 0.0372 e. The van der Waals surface area contributed by atoms with Crippen molar-refractivity contribution in [2.75, 3.05) is 11.9 Å². The minimum Gasteiger partial charge on any atom is -0.385 e. The zero-order valence-corrected chi connectivity index (χ0v) is 7.64. The van der Waals surface area contributed by atoms with Gasteiger partial charge in [0, 0.05) is 12.2 Å². The van der Waals surface area contributed by atoms with Gasteiger partial charge in [-0.05, 0) is 25.0 Å². The Kier molecular flexibility index (Phi) is 3.65. The van der Waals surface area contributed by atoms with E-state index in [1.807, 2.05) is 18.2 Å². The predicted octanol–water partition coefficient (Wildman–Crippen LogP) is 3.08. The van der Waals surface area contributed by atoms with E-state index in [1.165, 1.54) is 12.8 Å². The molecule has 65 valence electrons. The van der Waals surface area contributed by atoms with Crippen LogP contribution in [-0.4, -0.2) is 6.54 Å². The molecular formula is C11H16N. The van der Waals surface area contributed by atoms with E-state index in [0.717, 1.165) is 17.8 Å². The highest BCUT2D eigenvalue weighted by Crippen LogP contribution is 2.12. The summed E-state index contributed by atoms with van der Waals surface area (Å²) in [6.45, 7) is 7.17. The number of rotatable bonds is 4. The summed E-state index contributed by atoms with van der Waals surface area (Å²) in [6, 6.07) is 8.13. The van der Waals surface area contributed by atoms with Crippen molar-refractivity contribution in [2.24, 2.45) is 0 Å². The Bertz CT molecular complexity index is 230. The molecule has 0 spiro atoms. The zero-order valence-electron chi connectivity index (χ0n) is 7.64. The third kappa shape index (κ3) is 2.57. The Morgan fingerprint density at radius 3 is 2.75 bits per heavy atom. The Balaban J connectivity index is 2.46. The summed E-state index contributed by atoms with van der Waals surface area (Å²) in [7, 11) is 0. The number of para-hydroxylation sites is 1. The van der Waals surface area contributed by atoms with Crippen LogP contribution in [0.2, 0.25) is 0 Å². The predicted molar refractivity (Wildman–Crippen MR) is 54.3 cm³/mol. The molecule has 0 saturated heterocycles. The summed E-state index contributed by atoms with van der Waals surface area (Å²) in [5, 5.41) is 3.35. The standard InChI is InChI=1S/C11H16N/c1-3-4-9-12-11-8-6-5-7-10(11)2/h5-8,12H,2-4,9H2,1H3. The number of hydrogen-bond donors (Lipinski definition) is 1. The highest BCUT2D eigenvalue weighted by Gasteiger charge is 1.93. The normalized spacial score (nSPS) is 9.83. The van der Waals surface area contributed by atoms with Crippen LogP contribution in [0.25, 0.3) is 0 Å². The molecule has 0 unspecified atom stereocenters. The first kappa shape index (κ1) is 9.11. The van der Waals surface area contributed by atoms with Gasteiger partial charge in [-0.3, -0.25) is 0 Å². The number of nitrogens with one attached hydrogen (secondary N) is 1. The molecular weight excluding hydrogens is 146 g/mol. The van der Waals surface area contributed by atoms with Crippen LogP contribution in [0.5, 0.6) is 0 Å². The van der Waals surface area contributed by atoms with Crippen molar-refractivity contribution in [1.29, 1.82) is 0 Å². The lowest BCUT2D eigenvalue weighted by atomic mass is 10.2. The first-order chi connectivity index (χ1) is 5.84. The van der Waals surface area contributed by atoms with Crippen LogP contribution in [0.15, 0.2) is 24.3 Å². The summed E-state index contributed by atoms with van der Waals surface area (Å²) in [5.41, 5.74) is 2.24. The quantitative estimate of drug-likeness (QED) is 0.671. The van der Waals surface area contributed by atoms with Crippen molar-refractivity contribution in [2.45, 2.75) is 19.8 Å². The van der Waals surface area contributed by atoms with Gasteiger partial charge in [0.2, 0.25) is 0 Å². The second-order valence-corrected chi connectivity index (χ2v) is 2.94. The van der Waals surface area contributed by atoms with Crippen LogP contribution >= 0.6 is 0 Å². The van der Waals surface area contributed by atoms with Crippen molar-refractivity contribution in [1.82, 2.24) is 0 Å². The molecule has 1 heteroatoms. The molecule has 0 fully saturated rings. The molecule has 0 aliphatic heterocycles. The lowest BCUT2D eigenvalue weighted by Gasteiger charge is -2.07. The fourth-order valence-corrected chi connectivity index (χ4v) is 1.09. The molecule has 1 nitrogen and oxygen atoms in total. The SMILES string of the molecule is [CH2]c1ccccc1NCCCC. The maximum absolute atomic E-state index is 3.94. The molecule has 12 heavy (non-hydrogen) atoms. The van der Waals surface area contributed by atoms with E-state index in [1.54, 1.807) is 0 Å². The number of benzene rings is 1. The van der Waals surface area contributed by atoms with Crippen LogP contribution in [0.4, 0.5) is 5.69 Å². The van der Waals surface area contributed by atoms with E-state index < -0.39 is 0 Å². The van der Waals surface area contributed by atoms with E-state index in [9.17, 15) is 0 Å². The largest absolute Gasteiger partial charge is 0.385 e. The molecule has 1 N–H and O–H groups in total. The van der Waals surface area contributed by atoms with Crippen LogP contribution in [0.3, 0.4) is 0 Å². The number of anilines is 1. The summed E-state index contributed by atoms with van der Waals surface area (Å²) < 4.78 is 0. The average molecular weight is 162 g/mol. The fraction of sp³-hybridized carbons (Fsp3) is 0.364. The van der Waals surface area contributed by atoms with Gasteiger partial charge in [-0.1, -0.05) is 31.5 Å². The van der Waals surface area contributed by atoms with Crippen molar-refractivity contribution in [3.05, 3.63) is 36.8 Å². The Hall–Kier alpha value is -0.980. The summed E-state index contributed by atoms with van der Waals surface area (Å²) in [4.78, 5) is 0. The molecule has 0 aliphatic rings. The first-order valence-electron chi connectivity index (χ1n) is 4.49. The van der Waals surface area contributed by atoms with Crippen molar-refractivity contribution in [3.8, 4) is 0 Å². The van der Waals surface area contributed by atoms with Crippen molar-refractivity contribution < 1.29 is 0 Å². The second-order valence-electron chi connectivity index (χ2n) is 2.94. The zero-order chi connectivity index (χ0) is 8.81. The van der Waals surface area contributed by atoms with Gasteiger partial charge in [0.15, 0.2) is 0 Å². The molecule has 0 amide bonds. The highest BCUT2D eigenvalue weighted by molar-refractivity contribution is 5.52. The van der Waals surface area contributed by atoms with E-state index in [4.69, 9.17) is 0 Å². The minimum absolute atomic E-state index is 1.04. The number of unbranched alkanes of at least 4 members (excludes halogenated alkanes) is 1. The second kappa shape index (κ2) is 4.81. The van der Waals surface area contributed by atoms with E-state index >= 15 is 0 Å². The average Bonchev–Trinajstić information content (AvgIpc) is 2.09. The molecule has 0 atom stereocenters. The third-order valence-electron chi connectivity index (χ3n) is 1.86. The maximum Gasteiger partial charge on any atom is 0.0372 e. The lowest BCUT2D eigenvalue weighted by Crippen LogP contribution is -2.01. The molecule has 0 bridgehead atoms. The molecule has 0 saturated carbocycles. The van der Waals surface area contributed by atoms with Gasteiger partial charge in [-0.2, -0.15) is 0 Å². The summed E-state index contributed by atoms with van der Waals surface area (Å²) in [5.74, 6) is 0. The Morgan fingerprint density at radius 1 is 1.33 bits per heavy atom. The lowest BCUT2D eigenvalue weighted by molar-refractivity contribution is 0.834. The van der Waals surface area contributed by atoms with E-state index in [0.29, 0.717) is 0 Å². The van der Waals surface area contributed by atoms with Gasteiger partial charge < -0.3 is 5.32 Å². The monoisotopic (exact) mass is 162 g/mol. The van der Waals surface area contributed by atoms with Crippen LogP contribution in [0.1, 0.15) is 25.3 Å². The molecule has 0 aromatic heterocycles. The fourth-order valence-electron chi connectivity index (χ4n) is 1.09. The molecule has 1 rings (SSSR count). The van der Waals surface area contributed by atoms with Gasteiger partial charge in [0.25, 0.3) is 0 Å². The van der Waals surface area contributed by atoms with Gasteiger partial charge in [-0.25, -0.2) is 0 Å². The summed E-state index contributed by atoms with van der Waals surface area (Å²) >= 11 is 0. The van der Waals surface area contributed by atoms with Crippen LogP contribution < -0.4 is 5.32 Å². The maximum atomic E-state index is 3.94. The van der Waals surface area contributed by atoms with E-state index in [-0.39, 0.29) is 0 Å². The topological polar surface area (TPSA) is 12.0 Å². The van der Waals surface area contributed by atoms with Gasteiger partial charge in [0.05, 0.1) is 0 Å². The molecule has 1 radical (unpaired) electrons. The van der Waals surface area contributed by atoms with Crippen molar-refractivity contribution >= 4 is 5.69 Å². The molecule has 1 aromatic carbocycles. The van der Waals surface area contributed by atoms with Gasteiger partial charge in [0.1, 0.15) is 0 Å². The first-order valence-corrected chi connectivity index (χ1v) is 4.49. The van der Waals surface area contributed by atoms with Gasteiger partial charge >= 0.3 is 0 Å². The van der Waals surface area contributed by atoms with Gasteiger partial charge in [-0.15, -0.1) is 0 Å². The van der Waals surface area contributed by atoms with Crippen LogP contribution in [-0.2, 0) is 0 Å². The summed E-state index contributed by atoms with van der Waals surface area (Å²) in [6.07, 6.45) is 2.45. The Labute approximate surface area is 74.8 Å². The number of hydrogen-bond acceptors (Lipinski definition) is 1. The Morgan fingerprint density at radius 2 is 2.08 bits per heavy atom. The molecule has 0 aliphatic carbocycles. The third-order valence-corrected chi connectivity index (χ3v) is 1.86.